The molecule has 2 amide bonds. The number of aliphatic hydroxyl groups excluding tert-OH is 4. The van der Waals surface area contributed by atoms with Crippen LogP contribution in [0.5, 0.6) is 0 Å². The van der Waals surface area contributed by atoms with Crippen LogP contribution >= 0.6 is 0 Å². The van der Waals surface area contributed by atoms with Crippen molar-refractivity contribution in [2.45, 2.75) is 173 Å². The average molecular weight is 631 g/mol. The van der Waals surface area contributed by atoms with Gasteiger partial charge in [-0.1, -0.05) is 123 Å². The Morgan fingerprint density at radius 1 is 0.705 bits per heavy atom. The number of hydrogen-bond acceptors (Lipinski definition) is 8. The molecule has 1 fully saturated rings. The molecule has 0 spiro atoms. The van der Waals surface area contributed by atoms with Gasteiger partial charge in [0.1, 0.15) is 24.4 Å². The van der Waals surface area contributed by atoms with Gasteiger partial charge >= 0.3 is 0 Å². The highest BCUT2D eigenvalue weighted by Gasteiger charge is 2.44. The lowest BCUT2D eigenvalue weighted by molar-refractivity contribution is -0.301. The summed E-state index contributed by atoms with van der Waals surface area (Å²) in [4.78, 5) is 27.3. The lowest BCUT2D eigenvalue weighted by Gasteiger charge is -2.39. The van der Waals surface area contributed by atoms with Gasteiger partial charge in [0.2, 0.25) is 11.8 Å². The van der Waals surface area contributed by atoms with E-state index in [0.717, 1.165) is 32.1 Å². The Morgan fingerprint density at radius 2 is 1.20 bits per heavy atom. The van der Waals surface area contributed by atoms with E-state index in [9.17, 15) is 30.0 Å². The SMILES string of the molecule is CCCCCCCCCCCCNC(=O)CN(CCO[C@@H]1O[C@H](CO)[C@@H](O)[C@H](O)[C@H]1O)C(=O)CCCCCCCCCCC. The van der Waals surface area contributed by atoms with Crippen LogP contribution in [0.2, 0.25) is 0 Å². The summed E-state index contributed by atoms with van der Waals surface area (Å²) in [6, 6.07) is 0. The largest absolute Gasteiger partial charge is 0.394 e. The zero-order valence-corrected chi connectivity index (χ0v) is 27.9. The normalized spacial score (nSPS) is 21.8. The summed E-state index contributed by atoms with van der Waals surface area (Å²) in [5.41, 5.74) is 0. The molecule has 10 heteroatoms. The molecule has 5 N–H and O–H groups in total. The molecular weight excluding hydrogens is 564 g/mol. The number of aliphatic hydroxyl groups is 4. The number of carbonyl (C=O) groups is 2. The molecule has 0 radical (unpaired) electrons. The molecule has 0 aliphatic carbocycles. The molecule has 1 aliphatic heterocycles. The molecule has 0 aromatic heterocycles. The van der Waals surface area contributed by atoms with Crippen molar-refractivity contribution < 1.29 is 39.5 Å². The van der Waals surface area contributed by atoms with E-state index in [4.69, 9.17) is 9.47 Å². The Kier molecular flexibility index (Phi) is 24.9. The van der Waals surface area contributed by atoms with Crippen molar-refractivity contribution >= 4 is 11.8 Å². The minimum absolute atomic E-state index is 0.0437. The second-order valence-corrected chi connectivity index (χ2v) is 12.5. The molecule has 44 heavy (non-hydrogen) atoms. The second kappa shape index (κ2) is 26.9. The van der Waals surface area contributed by atoms with Crippen LogP contribution in [-0.2, 0) is 19.1 Å². The van der Waals surface area contributed by atoms with Crippen molar-refractivity contribution in [1.29, 1.82) is 0 Å². The highest BCUT2D eigenvalue weighted by Crippen LogP contribution is 2.22. The van der Waals surface area contributed by atoms with Crippen molar-refractivity contribution in [3.05, 3.63) is 0 Å². The van der Waals surface area contributed by atoms with Crippen molar-refractivity contribution in [3.63, 3.8) is 0 Å². The van der Waals surface area contributed by atoms with Gasteiger partial charge in [-0.2, -0.15) is 0 Å². The maximum atomic E-state index is 13.1. The van der Waals surface area contributed by atoms with Gasteiger partial charge in [0.25, 0.3) is 0 Å². The van der Waals surface area contributed by atoms with Gasteiger partial charge in [0.05, 0.1) is 19.8 Å². The maximum absolute atomic E-state index is 13.1. The van der Waals surface area contributed by atoms with Gasteiger partial charge in [-0.05, 0) is 12.8 Å². The summed E-state index contributed by atoms with van der Waals surface area (Å²) in [7, 11) is 0. The monoisotopic (exact) mass is 630 g/mol. The minimum Gasteiger partial charge on any atom is -0.394 e. The standard InChI is InChI=1S/C34H66N2O8/c1-3-5-7-9-11-13-15-17-19-21-23-35-29(38)26-36(30(39)22-20-18-16-14-12-10-8-6-4-2)24-25-43-34-33(42)32(41)31(40)28(27-37)44-34/h28,31-34,37,40-42H,3-27H2,1-2H3,(H,35,38)/t28-,31-,32+,33-,34-/m1/s1. The fourth-order valence-corrected chi connectivity index (χ4v) is 5.59. The summed E-state index contributed by atoms with van der Waals surface area (Å²) in [6.07, 6.45) is 16.0. The first-order valence-electron chi connectivity index (χ1n) is 17.8. The molecule has 0 unspecified atom stereocenters. The van der Waals surface area contributed by atoms with Crippen molar-refractivity contribution in [2.75, 3.05) is 32.8 Å². The van der Waals surface area contributed by atoms with E-state index in [-0.39, 0.29) is 31.5 Å². The molecule has 1 rings (SSSR count). The predicted octanol–water partition coefficient (Wildman–Crippen LogP) is 4.59. The summed E-state index contributed by atoms with van der Waals surface area (Å²) in [5.74, 6) is -0.339. The van der Waals surface area contributed by atoms with Crippen LogP contribution in [0, 0.1) is 0 Å². The topological polar surface area (TPSA) is 149 Å². The smallest absolute Gasteiger partial charge is 0.239 e. The molecule has 0 aromatic rings. The van der Waals surface area contributed by atoms with Crippen LogP contribution in [0.1, 0.15) is 142 Å². The molecular formula is C34H66N2O8. The Balaban J connectivity index is 2.45. The van der Waals surface area contributed by atoms with Gasteiger partial charge in [0, 0.05) is 19.5 Å². The number of carbonyl (C=O) groups excluding carboxylic acids is 2. The van der Waals surface area contributed by atoms with E-state index in [1.54, 1.807) is 0 Å². The molecule has 0 saturated carbocycles. The highest BCUT2D eigenvalue weighted by atomic mass is 16.7. The van der Waals surface area contributed by atoms with Crippen LogP contribution in [0.3, 0.4) is 0 Å². The third kappa shape index (κ3) is 18.6. The fourth-order valence-electron chi connectivity index (χ4n) is 5.59. The zero-order chi connectivity index (χ0) is 32.4. The molecule has 1 heterocycles. The Labute approximate surface area is 267 Å². The number of nitrogens with one attached hydrogen (secondary N) is 1. The summed E-state index contributed by atoms with van der Waals surface area (Å²) in [5, 5.41) is 42.6. The Morgan fingerprint density at radius 3 is 1.73 bits per heavy atom. The Hall–Kier alpha value is -1.30. The lowest BCUT2D eigenvalue weighted by atomic mass is 9.99. The second-order valence-electron chi connectivity index (χ2n) is 12.5. The summed E-state index contributed by atoms with van der Waals surface area (Å²) < 4.78 is 11.0. The number of ether oxygens (including phenoxy) is 2. The predicted molar refractivity (Wildman–Crippen MR) is 173 cm³/mol. The number of amides is 2. The van der Waals surface area contributed by atoms with E-state index < -0.39 is 37.3 Å². The van der Waals surface area contributed by atoms with E-state index in [2.05, 4.69) is 19.2 Å². The fraction of sp³-hybridized carbons (Fsp3) is 0.941. The first-order valence-corrected chi connectivity index (χ1v) is 17.8. The molecule has 5 atom stereocenters. The number of hydrogen-bond donors (Lipinski definition) is 5. The minimum atomic E-state index is -1.54. The number of rotatable bonds is 28. The van der Waals surface area contributed by atoms with Crippen molar-refractivity contribution in [2.24, 2.45) is 0 Å². The van der Waals surface area contributed by atoms with Gasteiger partial charge < -0.3 is 40.1 Å². The van der Waals surface area contributed by atoms with Crippen LogP contribution in [0.15, 0.2) is 0 Å². The van der Waals surface area contributed by atoms with E-state index in [1.165, 1.54) is 94.8 Å². The van der Waals surface area contributed by atoms with Crippen molar-refractivity contribution in [1.82, 2.24) is 10.2 Å². The molecule has 0 aromatic carbocycles. The third-order valence-electron chi connectivity index (χ3n) is 8.53. The maximum Gasteiger partial charge on any atom is 0.239 e. The number of unbranched alkanes of at least 4 members (excludes halogenated alkanes) is 17. The summed E-state index contributed by atoms with van der Waals surface area (Å²) >= 11 is 0. The summed E-state index contributed by atoms with van der Waals surface area (Å²) in [6.45, 7) is 4.46. The van der Waals surface area contributed by atoms with Gasteiger partial charge in [-0.25, -0.2) is 0 Å². The lowest BCUT2D eigenvalue weighted by Crippen LogP contribution is -2.59. The highest BCUT2D eigenvalue weighted by molar-refractivity contribution is 5.84. The Bertz CT molecular complexity index is 711. The van der Waals surface area contributed by atoms with Crippen molar-refractivity contribution in [3.8, 4) is 0 Å². The quantitative estimate of drug-likeness (QED) is 0.0789. The van der Waals surface area contributed by atoms with Crippen LogP contribution in [0.25, 0.3) is 0 Å². The molecule has 0 bridgehead atoms. The van der Waals surface area contributed by atoms with Gasteiger partial charge in [-0.15, -0.1) is 0 Å². The zero-order valence-electron chi connectivity index (χ0n) is 27.9. The van der Waals surface area contributed by atoms with Crippen LogP contribution in [0.4, 0.5) is 0 Å². The molecule has 260 valence electrons. The number of nitrogens with zero attached hydrogens (tertiary/aromatic N) is 1. The third-order valence-corrected chi connectivity index (χ3v) is 8.53. The molecule has 1 saturated heterocycles. The van der Waals surface area contributed by atoms with E-state index >= 15 is 0 Å². The molecule has 10 nitrogen and oxygen atoms in total. The van der Waals surface area contributed by atoms with E-state index in [0.29, 0.717) is 13.0 Å². The van der Waals surface area contributed by atoms with Gasteiger partial charge in [0.15, 0.2) is 6.29 Å². The first kappa shape index (κ1) is 40.7. The average Bonchev–Trinajstić information content (AvgIpc) is 3.02. The molecule has 1 aliphatic rings. The van der Waals surface area contributed by atoms with E-state index in [1.807, 2.05) is 0 Å². The van der Waals surface area contributed by atoms with Gasteiger partial charge in [-0.3, -0.25) is 9.59 Å². The van der Waals surface area contributed by atoms with Crippen LogP contribution < -0.4 is 5.32 Å². The first-order chi connectivity index (χ1) is 21.3. The van der Waals surface area contributed by atoms with Crippen LogP contribution in [-0.4, -0.2) is 101 Å².